The van der Waals surface area contributed by atoms with Crippen molar-refractivity contribution in [3.05, 3.63) is 24.3 Å². The summed E-state index contributed by atoms with van der Waals surface area (Å²) in [5, 5.41) is 3.16. The molecule has 2 heterocycles. The van der Waals surface area contributed by atoms with Crippen molar-refractivity contribution < 1.29 is 17.9 Å². The van der Waals surface area contributed by atoms with Crippen molar-refractivity contribution >= 4 is 44.9 Å². The Balaban J connectivity index is 1.56. The topological polar surface area (TPSA) is 94.2 Å². The Morgan fingerprint density at radius 2 is 1.77 bits per heavy atom. The van der Waals surface area contributed by atoms with E-state index in [0.29, 0.717) is 39.3 Å². The molecule has 1 amide bonds. The number of piperazine rings is 1. The van der Waals surface area contributed by atoms with E-state index in [1.807, 2.05) is 38.1 Å². The highest BCUT2D eigenvalue weighted by Crippen LogP contribution is 2.25. The Hall–Kier alpha value is -1.95. The van der Waals surface area contributed by atoms with Crippen molar-refractivity contribution in [3.63, 3.8) is 0 Å². The molecule has 0 aromatic heterocycles. The fraction of sp³-hybridized carbons (Fsp3) is 0.579. The molecule has 2 N–H and O–H groups in total. The van der Waals surface area contributed by atoms with Gasteiger partial charge in [-0.3, -0.25) is 4.90 Å². The van der Waals surface area contributed by atoms with E-state index in [4.69, 9.17) is 17.0 Å². The lowest BCUT2D eigenvalue weighted by Crippen LogP contribution is -2.51. The molecule has 0 unspecified atom stereocenters. The summed E-state index contributed by atoms with van der Waals surface area (Å²) in [5.74, 6) is 0.251. The van der Waals surface area contributed by atoms with Crippen LogP contribution in [0.2, 0.25) is 0 Å². The molecule has 3 rings (SSSR count). The van der Waals surface area contributed by atoms with Crippen molar-refractivity contribution in [2.24, 2.45) is 5.92 Å². The summed E-state index contributed by atoms with van der Waals surface area (Å²) in [6.45, 7) is 7.06. The van der Waals surface area contributed by atoms with Crippen molar-refractivity contribution in [3.8, 4) is 0 Å². The quantitative estimate of drug-likeness (QED) is 0.596. The van der Waals surface area contributed by atoms with Gasteiger partial charge in [-0.05, 0) is 24.3 Å². The predicted octanol–water partition coefficient (Wildman–Crippen LogP) is 1.17. The van der Waals surface area contributed by atoms with Gasteiger partial charge in [0.1, 0.15) is 6.10 Å². The SMILES string of the molecule is CNS(=O)(=O)N1CCN(c2ccc(N3C[C@H](CNC(=S)C(C)C)OC3=O)cc2)CC1. The van der Waals surface area contributed by atoms with Crippen LogP contribution in [0.1, 0.15) is 13.8 Å². The van der Waals surface area contributed by atoms with Crippen LogP contribution in [0.5, 0.6) is 0 Å². The minimum Gasteiger partial charge on any atom is -0.442 e. The smallest absolute Gasteiger partial charge is 0.414 e. The molecule has 1 aromatic rings. The maximum absolute atomic E-state index is 12.3. The van der Waals surface area contributed by atoms with Crippen LogP contribution in [-0.2, 0) is 14.9 Å². The van der Waals surface area contributed by atoms with Crippen molar-refractivity contribution in [1.82, 2.24) is 14.3 Å². The standard InChI is InChI=1S/C19H29N5O4S2/c1-14(2)18(29)21-12-17-13-24(19(25)28-17)16-6-4-15(5-7-16)22-8-10-23(11-9-22)30(26,27)20-3/h4-7,14,17,20H,8-13H2,1-3H3,(H,21,29)/t17-/m0/s1. The van der Waals surface area contributed by atoms with Crippen LogP contribution < -0.4 is 19.8 Å². The zero-order valence-corrected chi connectivity index (χ0v) is 19.1. The molecular weight excluding hydrogens is 426 g/mol. The molecule has 1 aromatic carbocycles. The second-order valence-electron chi connectivity index (χ2n) is 7.63. The van der Waals surface area contributed by atoms with Gasteiger partial charge in [0.25, 0.3) is 10.2 Å². The molecule has 2 fully saturated rings. The van der Waals surface area contributed by atoms with Crippen molar-refractivity contribution in [2.75, 3.05) is 56.1 Å². The Labute approximate surface area is 183 Å². The van der Waals surface area contributed by atoms with Crippen molar-refractivity contribution in [1.29, 1.82) is 0 Å². The van der Waals surface area contributed by atoms with Crippen LogP contribution in [0.3, 0.4) is 0 Å². The highest BCUT2D eigenvalue weighted by molar-refractivity contribution is 7.87. The number of ether oxygens (including phenoxy) is 1. The van der Waals surface area contributed by atoms with Crippen LogP contribution in [0.25, 0.3) is 0 Å². The van der Waals surface area contributed by atoms with Crippen LogP contribution in [-0.4, -0.2) is 76.2 Å². The predicted molar refractivity (Wildman–Crippen MR) is 121 cm³/mol. The number of hydrogen-bond acceptors (Lipinski definition) is 6. The third-order valence-corrected chi connectivity index (χ3v) is 7.44. The van der Waals surface area contributed by atoms with Gasteiger partial charge >= 0.3 is 6.09 Å². The number of anilines is 2. The third-order valence-electron chi connectivity index (χ3n) is 5.27. The first-order chi connectivity index (χ1) is 14.2. The average Bonchev–Trinajstić information content (AvgIpc) is 3.12. The lowest BCUT2D eigenvalue weighted by atomic mass is 10.2. The summed E-state index contributed by atoms with van der Waals surface area (Å²) in [6, 6.07) is 7.68. The van der Waals surface area contributed by atoms with Gasteiger partial charge < -0.3 is 15.0 Å². The third kappa shape index (κ3) is 5.20. The number of nitrogens with one attached hydrogen (secondary N) is 2. The van der Waals surface area contributed by atoms with E-state index in [9.17, 15) is 13.2 Å². The summed E-state index contributed by atoms with van der Waals surface area (Å²) in [6.07, 6.45) is -0.619. The Morgan fingerprint density at radius 1 is 1.17 bits per heavy atom. The average molecular weight is 456 g/mol. The Bertz CT molecular complexity index is 867. The van der Waals surface area contributed by atoms with Gasteiger partial charge in [-0.15, -0.1) is 0 Å². The number of amides is 1. The van der Waals surface area contributed by atoms with E-state index in [0.717, 1.165) is 16.4 Å². The second-order valence-corrected chi connectivity index (χ2v) is 9.94. The number of carbonyl (C=O) groups excluding carboxylic acids is 1. The number of benzene rings is 1. The number of thiocarbonyl (C=S) groups is 1. The van der Waals surface area contributed by atoms with Crippen LogP contribution in [0, 0.1) is 5.92 Å². The summed E-state index contributed by atoms with van der Waals surface area (Å²) in [5.41, 5.74) is 1.77. The molecule has 30 heavy (non-hydrogen) atoms. The largest absolute Gasteiger partial charge is 0.442 e. The fourth-order valence-electron chi connectivity index (χ4n) is 3.42. The highest BCUT2D eigenvalue weighted by Gasteiger charge is 2.32. The lowest BCUT2D eigenvalue weighted by molar-refractivity contribution is 0.143. The van der Waals surface area contributed by atoms with Gasteiger partial charge in [-0.1, -0.05) is 26.1 Å². The van der Waals surface area contributed by atoms with E-state index in [-0.39, 0.29) is 18.1 Å². The van der Waals surface area contributed by atoms with Gasteiger partial charge in [0, 0.05) is 50.5 Å². The summed E-state index contributed by atoms with van der Waals surface area (Å²) in [4.78, 5) is 16.8. The first kappa shape index (κ1) is 22.7. The maximum Gasteiger partial charge on any atom is 0.414 e. The molecule has 2 saturated heterocycles. The summed E-state index contributed by atoms with van der Waals surface area (Å²) in [7, 11) is -1.97. The molecule has 0 saturated carbocycles. The molecule has 2 aliphatic heterocycles. The minimum absolute atomic E-state index is 0.251. The lowest BCUT2D eigenvalue weighted by Gasteiger charge is -2.35. The monoisotopic (exact) mass is 455 g/mol. The summed E-state index contributed by atoms with van der Waals surface area (Å²) < 4.78 is 33.0. The molecule has 166 valence electrons. The Morgan fingerprint density at radius 3 is 2.33 bits per heavy atom. The molecule has 0 radical (unpaired) electrons. The second kappa shape index (κ2) is 9.46. The summed E-state index contributed by atoms with van der Waals surface area (Å²) >= 11 is 5.27. The molecule has 1 atom stereocenters. The van der Waals surface area contributed by atoms with E-state index in [2.05, 4.69) is 14.9 Å². The normalized spacial score (nSPS) is 20.5. The maximum atomic E-state index is 12.3. The zero-order chi connectivity index (χ0) is 21.9. The van der Waals surface area contributed by atoms with Crippen LogP contribution in [0.15, 0.2) is 24.3 Å². The number of carbonyl (C=O) groups is 1. The zero-order valence-electron chi connectivity index (χ0n) is 17.5. The van der Waals surface area contributed by atoms with Gasteiger partial charge in [0.15, 0.2) is 0 Å². The number of hydrogen-bond donors (Lipinski definition) is 2. The van der Waals surface area contributed by atoms with E-state index < -0.39 is 10.2 Å². The van der Waals surface area contributed by atoms with Gasteiger partial charge in [0.05, 0.1) is 18.1 Å². The molecule has 0 bridgehead atoms. The van der Waals surface area contributed by atoms with Crippen LogP contribution in [0.4, 0.5) is 16.2 Å². The van der Waals surface area contributed by atoms with Crippen molar-refractivity contribution in [2.45, 2.75) is 20.0 Å². The molecular formula is C19H29N5O4S2. The first-order valence-electron chi connectivity index (χ1n) is 10.0. The van der Waals surface area contributed by atoms with Gasteiger partial charge in [-0.2, -0.15) is 12.7 Å². The molecule has 0 spiro atoms. The van der Waals surface area contributed by atoms with Gasteiger partial charge in [0.2, 0.25) is 0 Å². The number of cyclic esters (lactones) is 1. The highest BCUT2D eigenvalue weighted by atomic mass is 32.2. The molecule has 11 heteroatoms. The van der Waals surface area contributed by atoms with E-state index in [1.165, 1.54) is 11.4 Å². The Kier molecular flexibility index (Phi) is 7.17. The van der Waals surface area contributed by atoms with Gasteiger partial charge in [-0.25, -0.2) is 9.52 Å². The first-order valence-corrected chi connectivity index (χ1v) is 11.9. The minimum atomic E-state index is -3.39. The number of rotatable bonds is 7. The number of nitrogens with zero attached hydrogens (tertiary/aromatic N) is 3. The van der Waals surface area contributed by atoms with E-state index in [1.54, 1.807) is 4.90 Å². The van der Waals surface area contributed by atoms with E-state index >= 15 is 0 Å². The molecule has 2 aliphatic rings. The molecule has 0 aliphatic carbocycles. The molecule has 9 nitrogen and oxygen atoms in total. The van der Waals surface area contributed by atoms with Crippen LogP contribution >= 0.6 is 12.2 Å². The fourth-order valence-corrected chi connectivity index (χ4v) is 4.40.